The van der Waals surface area contributed by atoms with Gasteiger partial charge in [0.05, 0.1) is 16.2 Å². The molecule has 2 amide bonds. The summed E-state index contributed by atoms with van der Waals surface area (Å²) in [5.74, 6) is -2.65. The molecular weight excluding hydrogens is 546 g/mol. The number of rotatable bonds is 6. The van der Waals surface area contributed by atoms with E-state index < -0.39 is 83.4 Å². The van der Waals surface area contributed by atoms with E-state index in [1.165, 1.54) is 12.2 Å². The molecule has 2 aliphatic heterocycles. The summed E-state index contributed by atoms with van der Waals surface area (Å²) in [4.78, 5) is 66.1. The summed E-state index contributed by atoms with van der Waals surface area (Å²) in [6, 6.07) is 7.66. The zero-order valence-electron chi connectivity index (χ0n) is 25.7. The fraction of sp³-hybridized carbons (Fsp3) is 0.581. The minimum absolute atomic E-state index is 0.398. The number of esters is 3. The summed E-state index contributed by atoms with van der Waals surface area (Å²) < 4.78 is 28.7. The van der Waals surface area contributed by atoms with Crippen LogP contribution in [0.2, 0.25) is 0 Å². The molecule has 2 heterocycles. The van der Waals surface area contributed by atoms with E-state index in [2.05, 4.69) is 0 Å². The normalized spacial score (nSPS) is 24.5. The quantitative estimate of drug-likeness (QED) is 0.270. The second kappa shape index (κ2) is 12.2. The van der Waals surface area contributed by atoms with Crippen molar-refractivity contribution < 1.29 is 47.7 Å². The molecule has 2 aliphatic rings. The highest BCUT2D eigenvalue weighted by atomic mass is 16.7. The number of carbonyl (C=O) groups is 5. The molecule has 11 heteroatoms. The van der Waals surface area contributed by atoms with E-state index in [1.807, 2.05) is 6.07 Å². The summed E-state index contributed by atoms with van der Waals surface area (Å²) in [7, 11) is 0. The van der Waals surface area contributed by atoms with E-state index in [1.54, 1.807) is 86.6 Å². The molecule has 0 aromatic heterocycles. The van der Waals surface area contributed by atoms with Crippen molar-refractivity contribution in [1.82, 2.24) is 4.90 Å². The summed E-state index contributed by atoms with van der Waals surface area (Å²) in [6.07, 6.45) is -3.67. The largest absolute Gasteiger partial charge is 0.462 e. The van der Waals surface area contributed by atoms with Crippen LogP contribution < -0.4 is 0 Å². The first-order valence-corrected chi connectivity index (χ1v) is 13.8. The number of hydrogen-bond donors (Lipinski definition) is 0. The molecule has 42 heavy (non-hydrogen) atoms. The van der Waals surface area contributed by atoms with Crippen molar-refractivity contribution >= 4 is 36.0 Å². The fourth-order valence-corrected chi connectivity index (χ4v) is 3.97. The lowest BCUT2D eigenvalue weighted by Gasteiger charge is -2.43. The zero-order chi connectivity index (χ0) is 31.6. The summed E-state index contributed by atoms with van der Waals surface area (Å²) in [5.41, 5.74) is -2.10. The van der Waals surface area contributed by atoms with Crippen molar-refractivity contribution in [3.8, 4) is 0 Å². The van der Waals surface area contributed by atoms with Crippen LogP contribution in [0.5, 0.6) is 0 Å². The Kier molecular flexibility index (Phi) is 9.56. The topological polar surface area (TPSA) is 135 Å². The summed E-state index contributed by atoms with van der Waals surface area (Å²) >= 11 is 0. The predicted molar refractivity (Wildman–Crippen MR) is 150 cm³/mol. The van der Waals surface area contributed by atoms with Crippen LogP contribution in [-0.4, -0.2) is 72.1 Å². The molecule has 3 rings (SSSR count). The van der Waals surface area contributed by atoms with Gasteiger partial charge in [-0.3, -0.25) is 19.2 Å². The predicted octanol–water partition coefficient (Wildman–Crippen LogP) is 4.28. The Morgan fingerprint density at radius 2 is 1.33 bits per heavy atom. The van der Waals surface area contributed by atoms with Gasteiger partial charge in [-0.05, 0) is 74.0 Å². The highest BCUT2D eigenvalue weighted by Gasteiger charge is 2.61. The number of fused-ring (bicyclic) bond motifs is 1. The van der Waals surface area contributed by atoms with Crippen LogP contribution in [0.1, 0.15) is 67.9 Å². The number of amides is 2. The molecule has 1 aromatic carbocycles. The van der Waals surface area contributed by atoms with Crippen molar-refractivity contribution in [3.05, 3.63) is 42.0 Å². The highest BCUT2D eigenvalue weighted by molar-refractivity contribution is 6.02. The fourth-order valence-electron chi connectivity index (χ4n) is 3.97. The van der Waals surface area contributed by atoms with Gasteiger partial charge in [0.15, 0.2) is 12.2 Å². The molecule has 11 nitrogen and oxygen atoms in total. The molecule has 0 aliphatic carbocycles. The average Bonchev–Trinajstić information content (AvgIpc) is 3.21. The number of benzene rings is 1. The molecule has 5 atom stereocenters. The van der Waals surface area contributed by atoms with Crippen molar-refractivity contribution in [2.45, 2.75) is 93.0 Å². The lowest BCUT2D eigenvalue weighted by molar-refractivity contribution is -0.259. The first kappa shape index (κ1) is 32.8. The third-order valence-corrected chi connectivity index (χ3v) is 6.48. The van der Waals surface area contributed by atoms with Crippen molar-refractivity contribution in [3.63, 3.8) is 0 Å². The van der Waals surface area contributed by atoms with E-state index in [-0.39, 0.29) is 0 Å². The number of hydrogen-bond acceptors (Lipinski definition) is 10. The van der Waals surface area contributed by atoms with E-state index >= 15 is 0 Å². The van der Waals surface area contributed by atoms with Crippen LogP contribution in [0.3, 0.4) is 0 Å². The SMILES string of the molecule is CC(C)(C)C(=O)OC[C@H]1O[C@@H]2OC(=O)N(C(=O)/C=C/c3ccccc3)[C@@H]2[C@@H](OC(=O)C(C)(C)C)[C@H]1OC(=O)C(C)(C)C. The molecular formula is C31H41NO10. The third-order valence-electron chi connectivity index (χ3n) is 6.48. The van der Waals surface area contributed by atoms with Crippen LogP contribution in [-0.2, 0) is 42.9 Å². The number of nitrogens with zero attached hydrogens (tertiary/aromatic N) is 1. The van der Waals surface area contributed by atoms with E-state index in [9.17, 15) is 24.0 Å². The van der Waals surface area contributed by atoms with Gasteiger partial charge in [0.2, 0.25) is 6.29 Å². The van der Waals surface area contributed by atoms with Gasteiger partial charge in [-0.1, -0.05) is 30.3 Å². The Hall–Kier alpha value is -3.73. The summed E-state index contributed by atoms with van der Waals surface area (Å²) in [5, 5.41) is 0. The van der Waals surface area contributed by atoms with Gasteiger partial charge in [0.25, 0.3) is 5.91 Å². The van der Waals surface area contributed by atoms with Gasteiger partial charge in [-0.15, -0.1) is 0 Å². The Morgan fingerprint density at radius 1 is 0.810 bits per heavy atom. The molecule has 0 radical (unpaired) electrons. The maximum absolute atomic E-state index is 13.4. The molecule has 2 fully saturated rings. The van der Waals surface area contributed by atoms with E-state index in [0.29, 0.717) is 5.56 Å². The Bertz CT molecular complexity index is 1220. The minimum atomic E-state index is -1.40. The van der Waals surface area contributed by atoms with Gasteiger partial charge in [0.1, 0.15) is 18.8 Å². The molecule has 230 valence electrons. The number of ether oxygens (including phenoxy) is 5. The Balaban J connectivity index is 2.04. The van der Waals surface area contributed by atoms with Crippen LogP contribution in [0.15, 0.2) is 36.4 Å². The van der Waals surface area contributed by atoms with Crippen LogP contribution in [0.25, 0.3) is 6.08 Å². The van der Waals surface area contributed by atoms with Gasteiger partial charge >= 0.3 is 24.0 Å². The minimum Gasteiger partial charge on any atom is -0.462 e. The standard InChI is InChI=1S/C31H41NO10/c1-29(2,3)25(34)38-17-19-22(40-26(35)30(4,5)6)23(41-27(36)31(7,8)9)21-24(39-19)42-28(37)32(21)20(33)16-15-18-13-11-10-12-14-18/h10-16,19,21-24H,17H2,1-9H3/b16-15+/t19-,21-,22+,23-,24-/m1/s1. The Labute approximate surface area is 246 Å². The number of carbonyl (C=O) groups excluding carboxylic acids is 5. The molecule has 1 aromatic rings. The second-order valence-corrected chi connectivity index (χ2v) is 13.5. The maximum Gasteiger partial charge on any atom is 0.419 e. The lowest BCUT2D eigenvalue weighted by Crippen LogP contribution is -2.64. The maximum atomic E-state index is 13.4. The molecule has 0 spiro atoms. The molecule has 0 unspecified atom stereocenters. The van der Waals surface area contributed by atoms with Crippen LogP contribution >= 0.6 is 0 Å². The number of imide groups is 1. The Morgan fingerprint density at radius 3 is 1.86 bits per heavy atom. The van der Waals surface area contributed by atoms with Crippen molar-refractivity contribution in [1.29, 1.82) is 0 Å². The highest BCUT2D eigenvalue weighted by Crippen LogP contribution is 2.37. The molecule has 0 N–H and O–H groups in total. The second-order valence-electron chi connectivity index (χ2n) is 13.5. The van der Waals surface area contributed by atoms with E-state index in [4.69, 9.17) is 23.7 Å². The van der Waals surface area contributed by atoms with Crippen LogP contribution in [0.4, 0.5) is 4.79 Å². The van der Waals surface area contributed by atoms with Gasteiger partial charge in [-0.2, -0.15) is 0 Å². The van der Waals surface area contributed by atoms with Crippen LogP contribution in [0, 0.1) is 16.2 Å². The third kappa shape index (κ3) is 7.76. The van der Waals surface area contributed by atoms with Gasteiger partial charge in [-0.25, -0.2) is 9.69 Å². The summed E-state index contributed by atoms with van der Waals surface area (Å²) in [6.45, 7) is 14.4. The van der Waals surface area contributed by atoms with Gasteiger partial charge < -0.3 is 23.7 Å². The van der Waals surface area contributed by atoms with E-state index in [0.717, 1.165) is 4.90 Å². The molecule has 0 saturated carbocycles. The smallest absolute Gasteiger partial charge is 0.419 e. The molecule has 2 saturated heterocycles. The monoisotopic (exact) mass is 587 g/mol. The van der Waals surface area contributed by atoms with Crippen molar-refractivity contribution in [2.24, 2.45) is 16.2 Å². The lowest BCUT2D eigenvalue weighted by atomic mass is 9.92. The zero-order valence-corrected chi connectivity index (χ0v) is 25.7. The first-order valence-electron chi connectivity index (χ1n) is 13.8. The van der Waals surface area contributed by atoms with Crippen molar-refractivity contribution in [2.75, 3.05) is 6.61 Å². The average molecular weight is 588 g/mol. The van der Waals surface area contributed by atoms with Gasteiger partial charge in [0, 0.05) is 6.08 Å². The first-order chi connectivity index (χ1) is 19.3. The molecule has 0 bridgehead atoms.